The number of hydrogen-bond donors (Lipinski definition) is 0. The Hall–Kier alpha value is -1.90. The summed E-state index contributed by atoms with van der Waals surface area (Å²) in [4.78, 5) is 20.3. The van der Waals surface area contributed by atoms with Crippen molar-refractivity contribution in [3.8, 4) is 0 Å². The van der Waals surface area contributed by atoms with Crippen molar-refractivity contribution >= 4 is 11.9 Å². The Morgan fingerprint density at radius 2 is 2.19 bits per heavy atom. The normalized spacial score (nSPS) is 23.0. The van der Waals surface area contributed by atoms with Crippen LogP contribution in [0.4, 0.5) is 19.1 Å². The molecule has 0 aromatic carbocycles. The molecular formula is C12H14F3N3O3. The molecule has 0 N–H and O–H groups in total. The first-order chi connectivity index (χ1) is 9.81. The van der Waals surface area contributed by atoms with E-state index in [0.717, 1.165) is 12.3 Å². The maximum absolute atomic E-state index is 12.7. The number of ether oxygens (including phenoxy) is 2. The number of morpholine rings is 1. The fourth-order valence-electron chi connectivity index (χ4n) is 2.04. The molecule has 2 atom stereocenters. The molecule has 116 valence electrons. The molecule has 1 aromatic rings. The zero-order valence-corrected chi connectivity index (χ0v) is 11.4. The van der Waals surface area contributed by atoms with Gasteiger partial charge in [0, 0.05) is 12.7 Å². The van der Waals surface area contributed by atoms with Crippen LogP contribution in [0.25, 0.3) is 0 Å². The second kappa shape index (κ2) is 5.84. The third-order valence-corrected chi connectivity index (χ3v) is 2.94. The monoisotopic (exact) mass is 305 g/mol. The summed E-state index contributed by atoms with van der Waals surface area (Å²) >= 11 is 0. The molecule has 2 heterocycles. The van der Waals surface area contributed by atoms with Gasteiger partial charge in [-0.15, -0.1) is 0 Å². The number of rotatable bonds is 2. The number of methoxy groups -OCH3 is 1. The molecule has 21 heavy (non-hydrogen) atoms. The van der Waals surface area contributed by atoms with Gasteiger partial charge < -0.3 is 14.4 Å². The van der Waals surface area contributed by atoms with Gasteiger partial charge in [0.25, 0.3) is 0 Å². The number of carbonyl (C=O) groups is 1. The average molecular weight is 305 g/mol. The van der Waals surface area contributed by atoms with Gasteiger partial charge in [0.05, 0.1) is 19.8 Å². The van der Waals surface area contributed by atoms with E-state index in [1.54, 1.807) is 6.92 Å². The Morgan fingerprint density at radius 1 is 1.48 bits per heavy atom. The molecule has 0 amide bonds. The summed E-state index contributed by atoms with van der Waals surface area (Å²) in [5, 5.41) is 0. The van der Waals surface area contributed by atoms with Gasteiger partial charge in [-0.2, -0.15) is 13.2 Å². The van der Waals surface area contributed by atoms with Gasteiger partial charge in [0.15, 0.2) is 6.10 Å². The summed E-state index contributed by atoms with van der Waals surface area (Å²) in [5.41, 5.74) is -1.03. The van der Waals surface area contributed by atoms with E-state index in [4.69, 9.17) is 4.74 Å². The van der Waals surface area contributed by atoms with E-state index in [2.05, 4.69) is 14.7 Å². The molecule has 0 spiro atoms. The Labute approximate surface area is 118 Å². The van der Waals surface area contributed by atoms with Gasteiger partial charge in [0.1, 0.15) is 5.69 Å². The van der Waals surface area contributed by atoms with Gasteiger partial charge in [-0.3, -0.25) is 0 Å². The zero-order valence-electron chi connectivity index (χ0n) is 11.4. The van der Waals surface area contributed by atoms with Crippen LogP contribution >= 0.6 is 0 Å². The highest BCUT2D eigenvalue weighted by atomic mass is 19.4. The topological polar surface area (TPSA) is 64.5 Å². The van der Waals surface area contributed by atoms with Crippen molar-refractivity contribution in [3.63, 3.8) is 0 Å². The van der Waals surface area contributed by atoms with Gasteiger partial charge in [-0.1, -0.05) is 0 Å². The fraction of sp³-hybridized carbons (Fsp3) is 0.583. The highest BCUT2D eigenvalue weighted by molar-refractivity contribution is 5.75. The van der Waals surface area contributed by atoms with Crippen molar-refractivity contribution in [2.45, 2.75) is 25.3 Å². The van der Waals surface area contributed by atoms with E-state index in [1.165, 1.54) is 12.0 Å². The molecule has 1 aliphatic rings. The molecule has 1 fully saturated rings. The highest BCUT2D eigenvalue weighted by Crippen LogP contribution is 2.28. The third-order valence-electron chi connectivity index (χ3n) is 2.94. The number of anilines is 1. The molecule has 1 saturated heterocycles. The summed E-state index contributed by atoms with van der Waals surface area (Å²) in [6, 6.07) is 0.797. The highest BCUT2D eigenvalue weighted by Gasteiger charge is 2.35. The number of alkyl halides is 3. The number of hydrogen-bond acceptors (Lipinski definition) is 6. The summed E-state index contributed by atoms with van der Waals surface area (Å²) in [6.07, 6.45) is -4.74. The molecule has 1 aromatic heterocycles. The van der Waals surface area contributed by atoms with Crippen molar-refractivity contribution in [3.05, 3.63) is 18.0 Å². The minimum absolute atomic E-state index is 0.0400. The van der Waals surface area contributed by atoms with Gasteiger partial charge in [-0.25, -0.2) is 14.8 Å². The predicted octanol–water partition coefficient (Wildman–Crippen LogP) is 1.26. The van der Waals surface area contributed by atoms with E-state index in [9.17, 15) is 18.0 Å². The van der Waals surface area contributed by atoms with Crippen molar-refractivity contribution < 1.29 is 27.4 Å². The molecule has 2 rings (SSSR count). The fourth-order valence-corrected chi connectivity index (χ4v) is 2.04. The number of carbonyl (C=O) groups excluding carboxylic acids is 1. The number of aromatic nitrogens is 2. The maximum Gasteiger partial charge on any atom is 0.433 e. The van der Waals surface area contributed by atoms with Crippen molar-refractivity contribution in [1.82, 2.24) is 9.97 Å². The molecule has 0 unspecified atom stereocenters. The summed E-state index contributed by atoms with van der Waals surface area (Å²) in [6.45, 7) is 2.03. The Morgan fingerprint density at radius 3 is 2.81 bits per heavy atom. The zero-order chi connectivity index (χ0) is 15.6. The average Bonchev–Trinajstić information content (AvgIpc) is 2.45. The molecule has 1 aliphatic heterocycles. The number of esters is 1. The smallest absolute Gasteiger partial charge is 0.433 e. The van der Waals surface area contributed by atoms with Crippen LogP contribution in [0.2, 0.25) is 0 Å². The lowest BCUT2D eigenvalue weighted by molar-refractivity contribution is -0.158. The van der Waals surface area contributed by atoms with Gasteiger partial charge in [-0.05, 0) is 13.0 Å². The van der Waals surface area contributed by atoms with E-state index in [1.807, 2.05) is 0 Å². The molecule has 0 bridgehead atoms. The van der Waals surface area contributed by atoms with E-state index >= 15 is 0 Å². The summed E-state index contributed by atoms with van der Waals surface area (Å²) in [5.74, 6) is -0.674. The second-order valence-electron chi connectivity index (χ2n) is 4.60. The largest absolute Gasteiger partial charge is 0.467 e. The first-order valence-corrected chi connectivity index (χ1v) is 6.19. The summed E-state index contributed by atoms with van der Waals surface area (Å²) in [7, 11) is 1.22. The van der Waals surface area contributed by atoms with Gasteiger partial charge in [0.2, 0.25) is 5.95 Å². The first kappa shape index (κ1) is 15.5. The van der Waals surface area contributed by atoms with Crippen LogP contribution in [0.5, 0.6) is 0 Å². The van der Waals surface area contributed by atoms with E-state index in [-0.39, 0.29) is 25.1 Å². The molecule has 0 saturated carbocycles. The van der Waals surface area contributed by atoms with E-state index < -0.39 is 23.9 Å². The predicted molar refractivity (Wildman–Crippen MR) is 65.6 cm³/mol. The minimum atomic E-state index is -4.54. The third kappa shape index (κ3) is 3.60. The maximum atomic E-state index is 12.7. The van der Waals surface area contributed by atoms with Crippen LogP contribution in [-0.2, 0) is 20.4 Å². The van der Waals surface area contributed by atoms with Crippen molar-refractivity contribution in [2.24, 2.45) is 0 Å². The Balaban J connectivity index is 2.22. The lowest BCUT2D eigenvalue weighted by atomic mass is 10.2. The van der Waals surface area contributed by atoms with Crippen molar-refractivity contribution in [2.75, 3.05) is 25.1 Å². The second-order valence-corrected chi connectivity index (χ2v) is 4.60. The Kier molecular flexibility index (Phi) is 4.31. The summed E-state index contributed by atoms with van der Waals surface area (Å²) < 4.78 is 48.0. The van der Waals surface area contributed by atoms with Crippen LogP contribution in [-0.4, -0.2) is 48.3 Å². The van der Waals surface area contributed by atoms with Crippen LogP contribution in [0, 0.1) is 0 Å². The van der Waals surface area contributed by atoms with Crippen LogP contribution in [0.15, 0.2) is 12.3 Å². The lowest BCUT2D eigenvalue weighted by Crippen LogP contribution is -2.50. The Bertz CT molecular complexity index is 524. The number of halogens is 3. The number of nitrogens with zero attached hydrogens (tertiary/aromatic N) is 3. The molecule has 6 nitrogen and oxygen atoms in total. The van der Waals surface area contributed by atoms with Gasteiger partial charge >= 0.3 is 12.1 Å². The molecule has 0 aliphatic carbocycles. The standard InChI is InChI=1S/C12H14F3N3O3/c1-7-5-18(6-8(21-7)10(19)20-2)11-16-4-3-9(17-11)12(13,14)15/h3-4,7-8H,5-6H2,1-2H3/t7-,8-/m1/s1. The quantitative estimate of drug-likeness (QED) is 0.767. The minimum Gasteiger partial charge on any atom is -0.467 e. The van der Waals surface area contributed by atoms with Crippen LogP contribution in [0.3, 0.4) is 0 Å². The molecule has 0 radical (unpaired) electrons. The van der Waals surface area contributed by atoms with E-state index in [0.29, 0.717) is 0 Å². The molecule has 9 heteroatoms. The SMILES string of the molecule is COC(=O)[C@H]1CN(c2nccc(C(F)(F)F)n2)C[C@@H](C)O1. The van der Waals surface area contributed by atoms with Crippen molar-refractivity contribution in [1.29, 1.82) is 0 Å². The van der Waals surface area contributed by atoms with Crippen LogP contribution in [0.1, 0.15) is 12.6 Å². The van der Waals surface area contributed by atoms with Crippen LogP contribution < -0.4 is 4.90 Å². The first-order valence-electron chi connectivity index (χ1n) is 6.19. The molecular weight excluding hydrogens is 291 g/mol. The lowest BCUT2D eigenvalue weighted by Gasteiger charge is -2.35.